The number of hydrogen-bond donors (Lipinski definition) is 2. The SMILES string of the molecule is Cc1c(C)c(C)c2c(c1C)CCCc1c(C(=O)C(C)C)nn(C)c1-2.Cc1c(C)c(C)c2c(c1C)CCCc1c(C(=O)NC(C)C)nn(C)c1-2.Cc1c(C)c(C)c2c(c1C)OCCc1c(C(=O)C(C)C)nn(C)c1-2.Cc1c(C)c(C)c2c(c1C)OCCc1c(C(=O)NC(C)C)nn(C)c1-2. The summed E-state index contributed by atoms with van der Waals surface area (Å²) in [7, 11) is 7.78. The molecular weight excluding hydrogens is 1220 g/mol. The minimum absolute atomic E-state index is 0.0192. The number of benzene rings is 4. The summed E-state index contributed by atoms with van der Waals surface area (Å²) in [5.74, 6) is 1.88. The molecule has 0 radical (unpaired) electrons. The van der Waals surface area contributed by atoms with Crippen LogP contribution >= 0.6 is 0 Å². The quantitative estimate of drug-likeness (QED) is 0.139. The highest BCUT2D eigenvalue weighted by Gasteiger charge is 2.35. The van der Waals surface area contributed by atoms with Crippen molar-refractivity contribution in [3.05, 3.63) is 145 Å². The Bertz CT molecular complexity index is 4260. The molecule has 98 heavy (non-hydrogen) atoms. The maximum absolute atomic E-state index is 12.7. The molecule has 524 valence electrons. The van der Waals surface area contributed by atoms with Crippen molar-refractivity contribution in [2.75, 3.05) is 13.2 Å². The second-order valence-electron chi connectivity index (χ2n) is 29.5. The van der Waals surface area contributed by atoms with Gasteiger partial charge in [-0.1, -0.05) is 27.7 Å². The minimum Gasteiger partial charge on any atom is -0.492 e. The molecule has 0 atom stereocenters. The Morgan fingerprint density at radius 2 is 0.561 bits per heavy atom. The van der Waals surface area contributed by atoms with Gasteiger partial charge in [0.05, 0.1) is 36.0 Å². The largest absolute Gasteiger partial charge is 0.492 e. The van der Waals surface area contributed by atoms with E-state index in [9.17, 15) is 19.2 Å². The molecule has 4 aromatic heterocycles. The lowest BCUT2D eigenvalue weighted by Gasteiger charge is -2.20. The number of ether oxygens (including phenoxy) is 2. The number of nitrogens with zero attached hydrogens (tertiary/aromatic N) is 8. The summed E-state index contributed by atoms with van der Waals surface area (Å²) in [5.41, 5.74) is 39.4. The van der Waals surface area contributed by atoms with Crippen molar-refractivity contribution in [3.63, 3.8) is 0 Å². The third-order valence-electron chi connectivity index (χ3n) is 22.1. The van der Waals surface area contributed by atoms with Gasteiger partial charge in [-0.2, -0.15) is 20.4 Å². The van der Waals surface area contributed by atoms with Crippen LogP contribution in [0.15, 0.2) is 0 Å². The number of ketones is 2. The van der Waals surface area contributed by atoms with Gasteiger partial charge in [0.15, 0.2) is 23.0 Å². The Morgan fingerprint density at radius 1 is 0.316 bits per heavy atom. The summed E-state index contributed by atoms with van der Waals surface area (Å²) < 4.78 is 19.8. The fourth-order valence-electron chi connectivity index (χ4n) is 15.4. The highest BCUT2D eigenvalue weighted by Crippen LogP contribution is 2.47. The molecule has 0 fully saturated rings. The Labute approximate surface area is 583 Å². The van der Waals surface area contributed by atoms with Crippen LogP contribution in [0.1, 0.15) is 233 Å². The van der Waals surface area contributed by atoms with Crippen molar-refractivity contribution in [1.29, 1.82) is 0 Å². The smallest absolute Gasteiger partial charge is 0.272 e. The van der Waals surface area contributed by atoms with Crippen LogP contribution in [0, 0.1) is 123 Å². The van der Waals surface area contributed by atoms with Crippen molar-refractivity contribution in [1.82, 2.24) is 49.8 Å². The molecule has 12 rings (SSSR count). The molecule has 4 aliphatic rings. The molecule has 16 nitrogen and oxygen atoms in total. The van der Waals surface area contributed by atoms with Crippen LogP contribution in [0.4, 0.5) is 0 Å². The number of fused-ring (bicyclic) bond motifs is 12. The number of Topliss-reactive ketones (excluding diaryl/α,β-unsaturated/α-hetero) is 2. The highest BCUT2D eigenvalue weighted by atomic mass is 16.5. The van der Waals surface area contributed by atoms with Gasteiger partial charge in [0.2, 0.25) is 0 Å². The van der Waals surface area contributed by atoms with E-state index in [2.05, 4.69) is 142 Å². The second-order valence-corrected chi connectivity index (χ2v) is 29.5. The number of nitrogens with one attached hydrogen (secondary N) is 2. The molecule has 0 saturated carbocycles. The van der Waals surface area contributed by atoms with E-state index >= 15 is 0 Å². The lowest BCUT2D eigenvalue weighted by atomic mass is 9.86. The minimum atomic E-state index is -0.117. The fourth-order valence-corrected chi connectivity index (χ4v) is 15.4. The number of carbonyl (C=O) groups excluding carboxylic acids is 4. The number of carbonyl (C=O) groups is 4. The molecule has 2 amide bonds. The summed E-state index contributed by atoms with van der Waals surface area (Å²) in [6.07, 6.45) is 7.48. The van der Waals surface area contributed by atoms with E-state index in [0.29, 0.717) is 48.8 Å². The van der Waals surface area contributed by atoms with E-state index in [1.807, 2.05) is 102 Å². The predicted octanol–water partition coefficient (Wildman–Crippen LogP) is 16.1. The summed E-state index contributed by atoms with van der Waals surface area (Å²) in [6.45, 7) is 51.5. The van der Waals surface area contributed by atoms with Crippen LogP contribution in [0.25, 0.3) is 45.0 Å². The molecular formula is C82H110N10O6. The van der Waals surface area contributed by atoms with E-state index in [-0.39, 0.29) is 47.3 Å². The van der Waals surface area contributed by atoms with Crippen molar-refractivity contribution < 1.29 is 28.7 Å². The summed E-state index contributed by atoms with van der Waals surface area (Å²) in [4.78, 5) is 50.5. The van der Waals surface area contributed by atoms with E-state index in [4.69, 9.17) is 9.47 Å². The third kappa shape index (κ3) is 13.1. The van der Waals surface area contributed by atoms with Crippen LogP contribution in [-0.4, -0.2) is 87.8 Å². The normalized spacial score (nSPS) is 13.4. The van der Waals surface area contributed by atoms with Crippen LogP contribution in [-0.2, 0) is 66.7 Å². The zero-order chi connectivity index (χ0) is 72.4. The standard InChI is InChI=1S/C21H29N3O.C21H28N2O.C20H27N3O2.C20H26N2O2/c1-11(2)22-21(25)19-17-10-8-9-16-14(5)12(3)13(4)15(6)18(16)20(17)24(7)23-19;1-11(2)21(24)19-17-10-8-9-16-14(5)12(3)13(4)15(6)18(16)20(17)23(7)22-19;1-10(2)21-20(24)17-15-8-9-25-19-14(6)12(4)11(3)13(5)16(19)18(15)23(7)22-17;1-10(2)19(23)17-15-8-9-24-20-14(6)12(4)11(3)13(5)16(20)18(15)22(7)21-17/h11H,8-10H2,1-7H3,(H,22,25);11H,8-10H2,1-7H3;10H,8-9H2,1-7H3,(H,21,24);10H,8-9H2,1-7H3. The Balaban J connectivity index is 0.000000153. The van der Waals surface area contributed by atoms with Crippen LogP contribution < -0.4 is 20.1 Å². The first-order chi connectivity index (χ1) is 46.0. The Kier molecular flexibility index (Phi) is 21.7. The molecule has 0 spiro atoms. The molecule has 0 saturated heterocycles. The van der Waals surface area contributed by atoms with Crippen molar-refractivity contribution in [2.24, 2.45) is 40.0 Å². The first-order valence-electron chi connectivity index (χ1n) is 35.6. The molecule has 6 heterocycles. The second kappa shape index (κ2) is 28.8. The molecule has 2 aliphatic heterocycles. The van der Waals surface area contributed by atoms with Gasteiger partial charge in [0.1, 0.15) is 22.9 Å². The van der Waals surface area contributed by atoms with Crippen LogP contribution in [0.3, 0.4) is 0 Å². The number of aromatic nitrogens is 8. The summed E-state index contributed by atoms with van der Waals surface area (Å²) in [6, 6.07) is 0.186. The average Bonchev–Trinajstić information content (AvgIpc) is 1.58. The van der Waals surface area contributed by atoms with E-state index < -0.39 is 0 Å². The molecule has 8 aromatic rings. The first-order valence-corrected chi connectivity index (χ1v) is 35.6. The van der Waals surface area contributed by atoms with Gasteiger partial charge in [0.25, 0.3) is 11.8 Å². The maximum Gasteiger partial charge on any atom is 0.272 e. The van der Waals surface area contributed by atoms with Gasteiger partial charge < -0.3 is 20.1 Å². The lowest BCUT2D eigenvalue weighted by molar-refractivity contribution is 0.0925. The number of hydrogen-bond acceptors (Lipinski definition) is 10. The lowest BCUT2D eigenvalue weighted by Crippen LogP contribution is -2.31. The molecule has 0 unspecified atom stereocenters. The number of rotatable bonds is 8. The average molecular weight is 1330 g/mol. The van der Waals surface area contributed by atoms with E-state index in [1.54, 1.807) is 0 Å². The zero-order valence-electron chi connectivity index (χ0n) is 64.4. The molecule has 2 aliphatic carbocycles. The van der Waals surface area contributed by atoms with Gasteiger partial charge in [-0.05, 0) is 277 Å². The van der Waals surface area contributed by atoms with E-state index in [0.717, 1.165) is 106 Å². The number of aryl methyl sites for hydroxylation is 4. The highest BCUT2D eigenvalue weighted by molar-refractivity contribution is 6.01. The third-order valence-corrected chi connectivity index (χ3v) is 22.1. The van der Waals surface area contributed by atoms with Gasteiger partial charge in [-0.25, -0.2) is 0 Å². The summed E-state index contributed by atoms with van der Waals surface area (Å²) in [5, 5.41) is 24.4. The van der Waals surface area contributed by atoms with Gasteiger partial charge in [0, 0.05) is 109 Å². The molecule has 0 bridgehead atoms. The van der Waals surface area contributed by atoms with Crippen molar-refractivity contribution in [2.45, 2.75) is 230 Å². The molecule has 2 N–H and O–H groups in total. The Hall–Kier alpha value is -8.40. The van der Waals surface area contributed by atoms with Gasteiger partial charge in [-0.3, -0.25) is 37.9 Å². The maximum atomic E-state index is 12.7. The van der Waals surface area contributed by atoms with Crippen LogP contribution in [0.2, 0.25) is 0 Å². The summed E-state index contributed by atoms with van der Waals surface area (Å²) >= 11 is 0. The first kappa shape index (κ1) is 73.8. The van der Waals surface area contributed by atoms with Crippen LogP contribution in [0.5, 0.6) is 11.5 Å². The zero-order valence-corrected chi connectivity index (χ0v) is 64.4. The van der Waals surface area contributed by atoms with Gasteiger partial charge >= 0.3 is 0 Å². The van der Waals surface area contributed by atoms with Crippen molar-refractivity contribution in [3.8, 4) is 56.5 Å². The number of amides is 2. The van der Waals surface area contributed by atoms with Gasteiger partial charge in [-0.15, -0.1) is 0 Å². The fraction of sp³-hybridized carbons (Fsp3) is 0.512. The van der Waals surface area contributed by atoms with Crippen molar-refractivity contribution >= 4 is 23.4 Å². The molecule has 16 heteroatoms. The molecule has 4 aromatic carbocycles. The topological polar surface area (TPSA) is 182 Å². The van der Waals surface area contributed by atoms with E-state index in [1.165, 1.54) is 111 Å². The monoisotopic (exact) mass is 1330 g/mol. The predicted molar refractivity (Wildman–Crippen MR) is 396 cm³/mol. The Morgan fingerprint density at radius 3 is 0.878 bits per heavy atom.